The van der Waals surface area contributed by atoms with Gasteiger partial charge in [0.25, 0.3) is 0 Å². The average Bonchev–Trinajstić information content (AvgIpc) is 2.73. The van der Waals surface area contributed by atoms with Crippen molar-refractivity contribution in [3.8, 4) is 0 Å². The van der Waals surface area contributed by atoms with Crippen molar-refractivity contribution in [3.05, 3.63) is 55.6 Å². The molecule has 0 spiro atoms. The molecule has 0 N–H and O–H groups in total. The minimum absolute atomic E-state index is 0.203. The highest BCUT2D eigenvalue weighted by molar-refractivity contribution is 7.62. The largest absolute Gasteiger partial charge is 0.463 e. The molecule has 0 saturated carbocycles. The van der Waals surface area contributed by atoms with Gasteiger partial charge in [-0.3, -0.25) is 4.57 Å². The molecular formula is C20H27O7P. The maximum absolute atomic E-state index is 13.1. The Hall–Kier alpha value is -2.21. The van der Waals surface area contributed by atoms with Crippen molar-refractivity contribution >= 4 is 24.8 Å². The van der Waals surface area contributed by atoms with Crippen LogP contribution in [0.15, 0.2) is 55.6 Å². The summed E-state index contributed by atoms with van der Waals surface area (Å²) < 4.78 is 34.1. The van der Waals surface area contributed by atoms with Crippen LogP contribution in [0.5, 0.6) is 0 Å². The van der Waals surface area contributed by atoms with Crippen LogP contribution in [0.3, 0.4) is 0 Å². The fourth-order valence-electron chi connectivity index (χ4n) is 2.04. The lowest BCUT2D eigenvalue weighted by Gasteiger charge is -2.19. The highest BCUT2D eigenvalue weighted by atomic mass is 31.2. The van der Waals surface area contributed by atoms with Gasteiger partial charge in [-0.15, -0.1) is 0 Å². The van der Waals surface area contributed by atoms with E-state index < -0.39 is 19.5 Å². The second kappa shape index (κ2) is 13.9. The monoisotopic (exact) mass is 410 g/mol. The Labute approximate surface area is 165 Å². The van der Waals surface area contributed by atoms with Gasteiger partial charge in [-0.25, -0.2) is 9.59 Å². The molecule has 0 atom stereocenters. The molecule has 1 aromatic rings. The number of hydrogen-bond donors (Lipinski definition) is 0. The van der Waals surface area contributed by atoms with Crippen molar-refractivity contribution in [1.29, 1.82) is 0 Å². The van der Waals surface area contributed by atoms with Crippen LogP contribution in [0.4, 0.5) is 0 Å². The maximum atomic E-state index is 13.1. The van der Waals surface area contributed by atoms with E-state index in [1.165, 1.54) is 0 Å². The summed E-state index contributed by atoms with van der Waals surface area (Å²) in [7, 11) is -3.47. The average molecular weight is 410 g/mol. The molecule has 154 valence electrons. The van der Waals surface area contributed by atoms with E-state index in [0.29, 0.717) is 31.0 Å². The number of rotatable bonds is 15. The number of esters is 2. The first-order valence-corrected chi connectivity index (χ1v) is 10.6. The topological polar surface area (TPSA) is 88.1 Å². The van der Waals surface area contributed by atoms with Crippen LogP contribution in [-0.2, 0) is 32.7 Å². The molecule has 0 heterocycles. The Kier molecular flexibility index (Phi) is 11.8. The van der Waals surface area contributed by atoms with Crippen molar-refractivity contribution < 1.29 is 32.7 Å². The van der Waals surface area contributed by atoms with Gasteiger partial charge in [0.05, 0.1) is 31.7 Å². The summed E-state index contributed by atoms with van der Waals surface area (Å²) in [5.41, 5.74) is 0. The van der Waals surface area contributed by atoms with E-state index in [9.17, 15) is 14.2 Å². The smallest absolute Gasteiger partial charge is 0.361 e. The third kappa shape index (κ3) is 9.65. The van der Waals surface area contributed by atoms with Gasteiger partial charge >= 0.3 is 19.5 Å². The highest BCUT2D eigenvalue weighted by Gasteiger charge is 2.27. The van der Waals surface area contributed by atoms with Crippen LogP contribution in [-0.4, -0.2) is 38.4 Å². The molecule has 0 radical (unpaired) electrons. The number of benzene rings is 1. The Balaban J connectivity index is 2.42. The predicted molar refractivity (Wildman–Crippen MR) is 106 cm³/mol. The van der Waals surface area contributed by atoms with E-state index in [1.807, 2.05) is 6.07 Å². The maximum Gasteiger partial charge on any atom is 0.361 e. The fourth-order valence-corrected chi connectivity index (χ4v) is 3.69. The first kappa shape index (κ1) is 23.8. The summed E-state index contributed by atoms with van der Waals surface area (Å²) in [6, 6.07) is 8.73. The van der Waals surface area contributed by atoms with Gasteiger partial charge in [-0.05, 0) is 37.8 Å². The van der Waals surface area contributed by atoms with Crippen molar-refractivity contribution in [1.82, 2.24) is 0 Å². The van der Waals surface area contributed by atoms with Crippen molar-refractivity contribution in [2.75, 3.05) is 26.4 Å². The van der Waals surface area contributed by atoms with Gasteiger partial charge in [-0.2, -0.15) is 0 Å². The van der Waals surface area contributed by atoms with E-state index in [2.05, 4.69) is 13.2 Å². The second-order valence-corrected chi connectivity index (χ2v) is 7.68. The molecular weight excluding hydrogens is 383 g/mol. The zero-order chi connectivity index (χ0) is 20.7. The lowest BCUT2D eigenvalue weighted by atomic mass is 10.3. The lowest BCUT2D eigenvalue weighted by Crippen LogP contribution is -2.12. The second-order valence-electron chi connectivity index (χ2n) is 5.66. The molecule has 7 nitrogen and oxygen atoms in total. The normalized spacial score (nSPS) is 10.9. The predicted octanol–water partition coefficient (Wildman–Crippen LogP) is 3.56. The molecule has 0 saturated heterocycles. The first-order chi connectivity index (χ1) is 13.5. The van der Waals surface area contributed by atoms with E-state index in [0.717, 1.165) is 12.2 Å². The van der Waals surface area contributed by atoms with E-state index in [4.69, 9.17) is 18.5 Å². The van der Waals surface area contributed by atoms with Gasteiger partial charge in [0.1, 0.15) is 0 Å². The molecule has 1 rings (SSSR count). The molecule has 0 aliphatic rings. The van der Waals surface area contributed by atoms with Crippen LogP contribution in [0, 0.1) is 0 Å². The molecule has 1 aromatic carbocycles. The van der Waals surface area contributed by atoms with Crippen molar-refractivity contribution in [3.63, 3.8) is 0 Å². The number of unbranched alkanes of at least 4 members (excludes halogenated alkanes) is 2. The SMILES string of the molecule is C=CC(=O)OCCCCOP(=O)(OCCCCOC(=O)C=C)c1ccccc1. The third-order valence-electron chi connectivity index (χ3n) is 3.49. The number of carbonyl (C=O) groups excluding carboxylic acids is 2. The molecule has 0 aliphatic carbocycles. The Morgan fingerprint density at radius 1 is 0.786 bits per heavy atom. The zero-order valence-corrected chi connectivity index (χ0v) is 16.8. The summed E-state index contributed by atoms with van der Waals surface area (Å²) in [5.74, 6) is -0.948. The van der Waals surface area contributed by atoms with Crippen LogP contribution in [0.2, 0.25) is 0 Å². The van der Waals surface area contributed by atoms with Crippen molar-refractivity contribution in [2.24, 2.45) is 0 Å². The van der Waals surface area contributed by atoms with Gasteiger partial charge < -0.3 is 18.5 Å². The molecule has 28 heavy (non-hydrogen) atoms. The van der Waals surface area contributed by atoms with Crippen molar-refractivity contribution in [2.45, 2.75) is 25.7 Å². The van der Waals surface area contributed by atoms with Gasteiger partial charge in [0.15, 0.2) is 0 Å². The minimum atomic E-state index is -3.47. The third-order valence-corrected chi connectivity index (χ3v) is 5.47. The van der Waals surface area contributed by atoms with Crippen LogP contribution in [0.1, 0.15) is 25.7 Å². The summed E-state index contributed by atoms with van der Waals surface area (Å²) in [5, 5.41) is 0.478. The van der Waals surface area contributed by atoms with E-state index >= 15 is 0 Å². The number of carbonyl (C=O) groups is 2. The molecule has 0 bridgehead atoms. The number of hydrogen-bond acceptors (Lipinski definition) is 7. The molecule has 0 amide bonds. The van der Waals surface area contributed by atoms with Gasteiger partial charge in [0, 0.05) is 12.2 Å². The molecule has 8 heteroatoms. The van der Waals surface area contributed by atoms with Gasteiger partial charge in [0.2, 0.25) is 0 Å². The van der Waals surface area contributed by atoms with E-state index in [1.54, 1.807) is 24.3 Å². The molecule has 0 fully saturated rings. The Morgan fingerprint density at radius 3 is 1.64 bits per heavy atom. The van der Waals surface area contributed by atoms with Crippen LogP contribution in [0.25, 0.3) is 0 Å². The summed E-state index contributed by atoms with van der Waals surface area (Å²) in [6.07, 6.45) is 4.47. The first-order valence-electron chi connectivity index (χ1n) is 9.05. The van der Waals surface area contributed by atoms with Crippen LogP contribution < -0.4 is 5.30 Å². The summed E-state index contributed by atoms with van der Waals surface area (Å²) in [4.78, 5) is 21.9. The Morgan fingerprint density at radius 2 is 1.21 bits per heavy atom. The van der Waals surface area contributed by atoms with Gasteiger partial charge in [-0.1, -0.05) is 31.4 Å². The lowest BCUT2D eigenvalue weighted by molar-refractivity contribution is -0.138. The summed E-state index contributed by atoms with van der Waals surface area (Å²) in [6.45, 7) is 7.53. The minimum Gasteiger partial charge on any atom is -0.463 e. The Bertz CT molecular complexity index is 636. The molecule has 0 aliphatic heterocycles. The summed E-state index contributed by atoms with van der Waals surface area (Å²) >= 11 is 0. The quantitative estimate of drug-likeness (QED) is 0.189. The fraction of sp³-hybridized carbons (Fsp3) is 0.400. The molecule has 0 aromatic heterocycles. The highest BCUT2D eigenvalue weighted by Crippen LogP contribution is 2.47. The number of ether oxygens (including phenoxy) is 2. The standard InChI is InChI=1S/C20H27O7P/c1-3-19(21)24-14-8-10-16-26-28(23,18-12-6-5-7-13-18)27-17-11-9-15-25-20(22)4-2/h3-7,12-13H,1-2,8-11,14-17H2. The zero-order valence-electron chi connectivity index (χ0n) is 15.9. The molecule has 0 unspecified atom stereocenters. The van der Waals surface area contributed by atoms with Crippen LogP contribution >= 0.6 is 7.60 Å². The van der Waals surface area contributed by atoms with E-state index in [-0.39, 0.29) is 26.4 Å².